The highest BCUT2D eigenvalue weighted by Gasteiger charge is 2.07. The van der Waals surface area contributed by atoms with Crippen LogP contribution in [-0.4, -0.2) is 40.3 Å². The molecule has 3 N–H and O–H groups in total. The fraction of sp³-hybridized carbons (Fsp3) is 0.778. The standard InChI is InChI=1S/C9H18N4O2S/c1-2-4-13-8(14)11-12-9(13)16-7-6-15-5-3-10/h2-7,10H2,1H3,(H,11,14). The SMILES string of the molecule is CCCn1c(SCCOCCN)n[nH]c1=O. The first-order valence-electron chi connectivity index (χ1n) is 5.35. The Labute approximate surface area is 98.6 Å². The van der Waals surface area contributed by atoms with Crippen LogP contribution in [0.25, 0.3) is 0 Å². The zero-order valence-corrected chi connectivity index (χ0v) is 10.3. The molecule has 0 atom stereocenters. The highest BCUT2D eigenvalue weighted by molar-refractivity contribution is 7.99. The summed E-state index contributed by atoms with van der Waals surface area (Å²) >= 11 is 1.51. The number of ether oxygens (including phenoxy) is 1. The molecule has 7 heteroatoms. The van der Waals surface area contributed by atoms with Crippen LogP contribution < -0.4 is 11.4 Å². The van der Waals surface area contributed by atoms with Crippen molar-refractivity contribution >= 4 is 11.8 Å². The highest BCUT2D eigenvalue weighted by Crippen LogP contribution is 2.12. The highest BCUT2D eigenvalue weighted by atomic mass is 32.2. The third kappa shape index (κ3) is 3.99. The molecular weight excluding hydrogens is 228 g/mol. The van der Waals surface area contributed by atoms with E-state index in [-0.39, 0.29) is 5.69 Å². The zero-order chi connectivity index (χ0) is 11.8. The van der Waals surface area contributed by atoms with Crippen LogP contribution in [0, 0.1) is 0 Å². The Balaban J connectivity index is 2.38. The van der Waals surface area contributed by atoms with E-state index in [0.29, 0.717) is 26.3 Å². The third-order valence-corrected chi connectivity index (χ3v) is 2.83. The molecule has 16 heavy (non-hydrogen) atoms. The van der Waals surface area contributed by atoms with Crippen LogP contribution in [0.3, 0.4) is 0 Å². The quantitative estimate of drug-likeness (QED) is 0.500. The fourth-order valence-corrected chi connectivity index (χ4v) is 2.04. The first kappa shape index (κ1) is 13.3. The second kappa shape index (κ2) is 7.48. The molecule has 0 amide bonds. The Kier molecular flexibility index (Phi) is 6.20. The van der Waals surface area contributed by atoms with Gasteiger partial charge in [-0.25, -0.2) is 9.89 Å². The summed E-state index contributed by atoms with van der Waals surface area (Å²) in [5.74, 6) is 0.772. The lowest BCUT2D eigenvalue weighted by atomic mass is 10.5. The van der Waals surface area contributed by atoms with Crippen LogP contribution in [0.2, 0.25) is 0 Å². The maximum Gasteiger partial charge on any atom is 0.343 e. The summed E-state index contributed by atoms with van der Waals surface area (Å²) in [6.45, 7) is 4.45. The van der Waals surface area contributed by atoms with Crippen LogP contribution in [0.4, 0.5) is 0 Å². The van der Waals surface area contributed by atoms with Gasteiger partial charge in [0, 0.05) is 18.8 Å². The molecule has 1 heterocycles. The van der Waals surface area contributed by atoms with E-state index in [9.17, 15) is 4.79 Å². The predicted octanol–water partition coefficient (Wildman–Crippen LogP) is 0.0488. The maximum atomic E-state index is 11.3. The van der Waals surface area contributed by atoms with E-state index < -0.39 is 0 Å². The molecule has 0 saturated carbocycles. The summed E-state index contributed by atoms with van der Waals surface area (Å²) in [5, 5.41) is 7.14. The van der Waals surface area contributed by atoms with Gasteiger partial charge < -0.3 is 10.5 Å². The Bertz CT molecular complexity index is 350. The van der Waals surface area contributed by atoms with E-state index in [0.717, 1.165) is 17.3 Å². The largest absolute Gasteiger partial charge is 0.379 e. The molecule has 1 aromatic rings. The van der Waals surface area contributed by atoms with Gasteiger partial charge in [0.15, 0.2) is 5.16 Å². The topological polar surface area (TPSA) is 85.9 Å². The van der Waals surface area contributed by atoms with E-state index in [1.807, 2.05) is 6.92 Å². The second-order valence-corrected chi connectivity index (χ2v) is 4.27. The Morgan fingerprint density at radius 2 is 2.38 bits per heavy atom. The summed E-state index contributed by atoms with van der Waals surface area (Å²) in [7, 11) is 0. The molecule has 0 saturated heterocycles. The number of hydrogen-bond donors (Lipinski definition) is 2. The van der Waals surface area contributed by atoms with E-state index in [4.69, 9.17) is 10.5 Å². The first-order valence-corrected chi connectivity index (χ1v) is 6.34. The van der Waals surface area contributed by atoms with Gasteiger partial charge in [-0.1, -0.05) is 18.7 Å². The number of aromatic nitrogens is 3. The summed E-state index contributed by atoms with van der Waals surface area (Å²) in [6, 6.07) is 0. The van der Waals surface area contributed by atoms with Crippen molar-refractivity contribution in [2.75, 3.05) is 25.5 Å². The number of H-pyrrole nitrogens is 1. The monoisotopic (exact) mass is 246 g/mol. The van der Waals surface area contributed by atoms with Crippen LogP contribution >= 0.6 is 11.8 Å². The number of nitrogens with zero attached hydrogens (tertiary/aromatic N) is 2. The van der Waals surface area contributed by atoms with Gasteiger partial charge in [-0.3, -0.25) is 4.57 Å². The second-order valence-electron chi connectivity index (χ2n) is 3.21. The number of thioether (sulfide) groups is 1. The molecule has 0 aliphatic carbocycles. The molecule has 1 aromatic heterocycles. The van der Waals surface area contributed by atoms with E-state index in [2.05, 4.69) is 10.2 Å². The van der Waals surface area contributed by atoms with Crippen molar-refractivity contribution in [3.63, 3.8) is 0 Å². The van der Waals surface area contributed by atoms with Crippen molar-refractivity contribution in [3.8, 4) is 0 Å². The number of rotatable bonds is 8. The lowest BCUT2D eigenvalue weighted by Gasteiger charge is -2.03. The minimum absolute atomic E-state index is 0.146. The van der Waals surface area contributed by atoms with Gasteiger partial charge in [-0.05, 0) is 6.42 Å². The summed E-state index contributed by atoms with van der Waals surface area (Å²) < 4.78 is 6.89. The lowest BCUT2D eigenvalue weighted by Crippen LogP contribution is -2.17. The number of nitrogens with two attached hydrogens (primary N) is 1. The molecule has 92 valence electrons. The van der Waals surface area contributed by atoms with Gasteiger partial charge >= 0.3 is 5.69 Å². The predicted molar refractivity (Wildman–Crippen MR) is 63.7 cm³/mol. The lowest BCUT2D eigenvalue weighted by molar-refractivity contribution is 0.158. The van der Waals surface area contributed by atoms with Crippen LogP contribution in [0.15, 0.2) is 9.95 Å². The van der Waals surface area contributed by atoms with E-state index in [1.54, 1.807) is 4.57 Å². The molecule has 0 bridgehead atoms. The number of aromatic amines is 1. The van der Waals surface area contributed by atoms with Crippen molar-refractivity contribution in [3.05, 3.63) is 10.5 Å². The summed E-state index contributed by atoms with van der Waals surface area (Å²) in [5.41, 5.74) is 5.15. The van der Waals surface area contributed by atoms with Crippen molar-refractivity contribution in [2.45, 2.75) is 25.0 Å². The van der Waals surface area contributed by atoms with Gasteiger partial charge in [0.05, 0.1) is 13.2 Å². The fourth-order valence-electron chi connectivity index (χ4n) is 1.21. The van der Waals surface area contributed by atoms with E-state index >= 15 is 0 Å². The average Bonchev–Trinajstić information content (AvgIpc) is 2.62. The molecule has 6 nitrogen and oxygen atoms in total. The van der Waals surface area contributed by atoms with Gasteiger partial charge in [0.2, 0.25) is 0 Å². The average molecular weight is 246 g/mol. The first-order chi connectivity index (χ1) is 7.79. The Morgan fingerprint density at radius 1 is 1.56 bits per heavy atom. The van der Waals surface area contributed by atoms with Gasteiger partial charge in [0.25, 0.3) is 0 Å². The zero-order valence-electron chi connectivity index (χ0n) is 9.44. The summed E-state index contributed by atoms with van der Waals surface area (Å²) in [6.07, 6.45) is 0.913. The molecule has 0 radical (unpaired) electrons. The molecule has 0 aliphatic heterocycles. The van der Waals surface area contributed by atoms with Crippen LogP contribution in [0.1, 0.15) is 13.3 Å². The van der Waals surface area contributed by atoms with Crippen LogP contribution in [0.5, 0.6) is 0 Å². The van der Waals surface area contributed by atoms with E-state index in [1.165, 1.54) is 11.8 Å². The van der Waals surface area contributed by atoms with Crippen LogP contribution in [-0.2, 0) is 11.3 Å². The van der Waals surface area contributed by atoms with Gasteiger partial charge in [0.1, 0.15) is 0 Å². The normalized spacial score (nSPS) is 10.9. The minimum atomic E-state index is -0.146. The smallest absolute Gasteiger partial charge is 0.343 e. The number of hydrogen-bond acceptors (Lipinski definition) is 5. The Hall–Kier alpha value is -0.790. The van der Waals surface area contributed by atoms with Crippen molar-refractivity contribution < 1.29 is 4.74 Å². The van der Waals surface area contributed by atoms with Crippen molar-refractivity contribution in [1.82, 2.24) is 14.8 Å². The van der Waals surface area contributed by atoms with Crippen molar-refractivity contribution in [1.29, 1.82) is 0 Å². The molecule has 0 aromatic carbocycles. The number of nitrogens with one attached hydrogen (secondary N) is 1. The minimum Gasteiger partial charge on any atom is -0.379 e. The molecule has 0 aliphatic rings. The summed E-state index contributed by atoms with van der Waals surface area (Å²) in [4.78, 5) is 11.3. The molecule has 0 unspecified atom stereocenters. The molecular formula is C9H18N4O2S. The molecule has 0 spiro atoms. The van der Waals surface area contributed by atoms with Crippen molar-refractivity contribution in [2.24, 2.45) is 5.73 Å². The van der Waals surface area contributed by atoms with Gasteiger partial charge in [-0.2, -0.15) is 0 Å². The Morgan fingerprint density at radius 3 is 3.06 bits per heavy atom. The van der Waals surface area contributed by atoms with Gasteiger partial charge in [-0.15, -0.1) is 5.10 Å². The molecule has 1 rings (SSSR count). The molecule has 0 fully saturated rings. The third-order valence-electron chi connectivity index (χ3n) is 1.89. The maximum absolute atomic E-state index is 11.3.